The molecular weight excluding hydrogens is 202 g/mol. The van der Waals surface area contributed by atoms with Crippen molar-refractivity contribution in [2.75, 3.05) is 6.61 Å². The molecule has 1 aliphatic rings. The molecule has 16 heavy (non-hydrogen) atoms. The van der Waals surface area contributed by atoms with E-state index in [2.05, 4.69) is 36.5 Å². The van der Waals surface area contributed by atoms with Gasteiger partial charge in [-0.15, -0.1) is 0 Å². The van der Waals surface area contributed by atoms with Gasteiger partial charge in [-0.25, -0.2) is 4.79 Å². The van der Waals surface area contributed by atoms with Crippen LogP contribution in [0, 0.1) is 0 Å². The first kappa shape index (κ1) is 11.0. The van der Waals surface area contributed by atoms with Crippen molar-refractivity contribution < 1.29 is 9.53 Å². The fourth-order valence-corrected chi connectivity index (χ4v) is 1.99. The van der Waals surface area contributed by atoms with E-state index in [1.165, 1.54) is 5.56 Å². The second-order valence-electron chi connectivity index (χ2n) is 4.48. The highest BCUT2D eigenvalue weighted by Gasteiger charge is 2.36. The summed E-state index contributed by atoms with van der Waals surface area (Å²) in [5.74, 6) is 0. The second-order valence-corrected chi connectivity index (χ2v) is 4.48. The van der Waals surface area contributed by atoms with Gasteiger partial charge >= 0.3 is 6.09 Å². The lowest BCUT2D eigenvalue weighted by Gasteiger charge is -2.21. The van der Waals surface area contributed by atoms with Gasteiger partial charge in [-0.2, -0.15) is 0 Å². The number of hydrogen-bond donors (Lipinski definition) is 1. The van der Waals surface area contributed by atoms with Crippen LogP contribution < -0.4 is 5.32 Å². The molecular formula is C13H17NO2. The number of benzene rings is 1. The molecule has 0 aliphatic carbocycles. The Morgan fingerprint density at radius 3 is 2.56 bits per heavy atom. The minimum absolute atomic E-state index is 0.333. The van der Waals surface area contributed by atoms with Crippen LogP contribution in [0.2, 0.25) is 0 Å². The third-order valence-electron chi connectivity index (χ3n) is 3.00. The number of nitrogens with one attached hydrogen (secondary N) is 1. The van der Waals surface area contributed by atoms with Crippen LogP contribution in [0.1, 0.15) is 31.4 Å². The highest BCUT2D eigenvalue weighted by molar-refractivity contribution is 5.71. The van der Waals surface area contributed by atoms with Crippen LogP contribution >= 0.6 is 0 Å². The van der Waals surface area contributed by atoms with E-state index in [9.17, 15) is 4.79 Å². The molecule has 1 N–H and O–H groups in total. The van der Waals surface area contributed by atoms with Gasteiger partial charge in [-0.05, 0) is 24.5 Å². The lowest BCUT2D eigenvalue weighted by atomic mass is 9.92. The molecule has 3 heteroatoms. The Labute approximate surface area is 95.8 Å². The maximum absolute atomic E-state index is 11.1. The molecule has 0 radical (unpaired) electrons. The van der Waals surface area contributed by atoms with E-state index in [4.69, 9.17) is 4.74 Å². The zero-order valence-electron chi connectivity index (χ0n) is 9.75. The monoisotopic (exact) mass is 219 g/mol. The van der Waals surface area contributed by atoms with E-state index in [1.807, 2.05) is 6.92 Å². The van der Waals surface area contributed by atoms with Crippen molar-refractivity contribution in [1.82, 2.24) is 5.32 Å². The Morgan fingerprint density at radius 1 is 1.38 bits per heavy atom. The SMILES string of the molecule is CCCc1ccc(C2(C)COC(=O)N2)cc1. The van der Waals surface area contributed by atoms with E-state index >= 15 is 0 Å². The van der Waals surface area contributed by atoms with Crippen LogP contribution in [-0.4, -0.2) is 12.7 Å². The Bertz CT molecular complexity index is 385. The highest BCUT2D eigenvalue weighted by Crippen LogP contribution is 2.25. The number of carbonyl (C=O) groups is 1. The van der Waals surface area contributed by atoms with Crippen LogP contribution in [0.25, 0.3) is 0 Å². The summed E-state index contributed by atoms with van der Waals surface area (Å²) in [5, 5.41) is 2.84. The van der Waals surface area contributed by atoms with Gasteiger partial charge in [0.15, 0.2) is 0 Å². The molecule has 1 saturated heterocycles. The van der Waals surface area contributed by atoms with Gasteiger partial charge in [0.1, 0.15) is 6.61 Å². The van der Waals surface area contributed by atoms with Crippen molar-refractivity contribution in [3.05, 3.63) is 35.4 Å². The summed E-state index contributed by atoms with van der Waals surface area (Å²) in [5.41, 5.74) is 2.06. The van der Waals surface area contributed by atoms with Crippen molar-refractivity contribution in [3.8, 4) is 0 Å². The molecule has 3 nitrogen and oxygen atoms in total. The van der Waals surface area contributed by atoms with Crippen molar-refractivity contribution in [1.29, 1.82) is 0 Å². The molecule has 1 amide bonds. The van der Waals surface area contributed by atoms with E-state index in [0.717, 1.165) is 18.4 Å². The number of ether oxygens (including phenoxy) is 1. The quantitative estimate of drug-likeness (QED) is 0.848. The van der Waals surface area contributed by atoms with E-state index in [0.29, 0.717) is 6.61 Å². The molecule has 0 saturated carbocycles. The summed E-state index contributed by atoms with van der Waals surface area (Å²) in [4.78, 5) is 11.1. The van der Waals surface area contributed by atoms with Crippen LogP contribution in [-0.2, 0) is 16.7 Å². The molecule has 1 aromatic carbocycles. The third kappa shape index (κ3) is 2.03. The van der Waals surface area contributed by atoms with E-state index < -0.39 is 0 Å². The van der Waals surface area contributed by atoms with Gasteiger partial charge in [-0.1, -0.05) is 37.6 Å². The number of alkyl carbamates (subject to hydrolysis) is 1. The lowest BCUT2D eigenvalue weighted by Crippen LogP contribution is -2.37. The van der Waals surface area contributed by atoms with Crippen LogP contribution in [0.4, 0.5) is 4.79 Å². The average molecular weight is 219 g/mol. The van der Waals surface area contributed by atoms with Gasteiger partial charge in [0, 0.05) is 0 Å². The van der Waals surface area contributed by atoms with Crippen LogP contribution in [0.3, 0.4) is 0 Å². The minimum Gasteiger partial charge on any atom is -0.447 e. The molecule has 0 bridgehead atoms. The maximum atomic E-state index is 11.1. The molecule has 1 heterocycles. The molecule has 1 unspecified atom stereocenters. The normalized spacial score (nSPS) is 24.0. The minimum atomic E-state index is -0.373. The molecule has 1 aromatic rings. The van der Waals surface area contributed by atoms with Gasteiger partial charge in [-0.3, -0.25) is 0 Å². The smallest absolute Gasteiger partial charge is 0.408 e. The van der Waals surface area contributed by atoms with E-state index in [1.54, 1.807) is 0 Å². The van der Waals surface area contributed by atoms with Crippen molar-refractivity contribution >= 4 is 6.09 Å². The Balaban J connectivity index is 2.18. The summed E-state index contributed by atoms with van der Waals surface area (Å²) in [7, 11) is 0. The zero-order chi connectivity index (χ0) is 11.6. The fraction of sp³-hybridized carbons (Fsp3) is 0.462. The van der Waals surface area contributed by atoms with Gasteiger partial charge < -0.3 is 10.1 Å². The number of amides is 1. The zero-order valence-corrected chi connectivity index (χ0v) is 9.75. The first-order valence-electron chi connectivity index (χ1n) is 5.68. The predicted molar refractivity (Wildman–Crippen MR) is 62.3 cm³/mol. The summed E-state index contributed by atoms with van der Waals surface area (Å²) >= 11 is 0. The molecule has 2 rings (SSSR count). The molecule has 86 valence electrons. The number of rotatable bonds is 3. The van der Waals surface area contributed by atoms with Gasteiger partial charge in [0.05, 0.1) is 5.54 Å². The molecule has 1 fully saturated rings. The summed E-state index contributed by atoms with van der Waals surface area (Å²) in [6.45, 7) is 4.55. The lowest BCUT2D eigenvalue weighted by molar-refractivity contribution is 0.173. The summed E-state index contributed by atoms with van der Waals surface area (Å²) in [6.07, 6.45) is 1.91. The number of carbonyl (C=O) groups excluding carboxylic acids is 1. The van der Waals surface area contributed by atoms with E-state index in [-0.39, 0.29) is 11.6 Å². The fourth-order valence-electron chi connectivity index (χ4n) is 1.99. The molecule has 1 atom stereocenters. The Kier molecular flexibility index (Phi) is 2.86. The summed E-state index contributed by atoms with van der Waals surface area (Å²) in [6, 6.07) is 8.38. The highest BCUT2D eigenvalue weighted by atomic mass is 16.6. The standard InChI is InChI=1S/C13H17NO2/c1-3-4-10-5-7-11(8-6-10)13(2)9-16-12(15)14-13/h5-8H,3-4,9H2,1-2H3,(H,14,15). The largest absolute Gasteiger partial charge is 0.447 e. The Hall–Kier alpha value is -1.51. The Morgan fingerprint density at radius 2 is 2.06 bits per heavy atom. The van der Waals surface area contributed by atoms with Gasteiger partial charge in [0.2, 0.25) is 0 Å². The third-order valence-corrected chi connectivity index (χ3v) is 3.00. The second kappa shape index (κ2) is 4.16. The van der Waals surface area contributed by atoms with Crippen molar-refractivity contribution in [2.45, 2.75) is 32.2 Å². The maximum Gasteiger partial charge on any atom is 0.408 e. The predicted octanol–water partition coefficient (Wildman–Crippen LogP) is 2.59. The van der Waals surface area contributed by atoms with Crippen LogP contribution in [0.15, 0.2) is 24.3 Å². The molecule has 0 spiro atoms. The molecule has 1 aliphatic heterocycles. The average Bonchev–Trinajstić information content (AvgIpc) is 2.61. The van der Waals surface area contributed by atoms with Crippen molar-refractivity contribution in [3.63, 3.8) is 0 Å². The first-order valence-corrected chi connectivity index (χ1v) is 5.68. The van der Waals surface area contributed by atoms with Gasteiger partial charge in [0.25, 0.3) is 0 Å². The van der Waals surface area contributed by atoms with Crippen LogP contribution in [0.5, 0.6) is 0 Å². The molecule has 0 aromatic heterocycles. The number of hydrogen-bond acceptors (Lipinski definition) is 2. The first-order chi connectivity index (χ1) is 7.64. The summed E-state index contributed by atoms with van der Waals surface area (Å²) < 4.78 is 4.95. The van der Waals surface area contributed by atoms with Crippen molar-refractivity contribution in [2.24, 2.45) is 0 Å². The topological polar surface area (TPSA) is 38.3 Å². The number of aryl methyl sites for hydroxylation is 1. The number of cyclic esters (lactones) is 1.